The summed E-state index contributed by atoms with van der Waals surface area (Å²) in [5.41, 5.74) is 3.64. The number of hydrogen-bond donors (Lipinski definition) is 1. The van der Waals surface area contributed by atoms with E-state index < -0.39 is 0 Å². The van der Waals surface area contributed by atoms with Gasteiger partial charge in [0, 0.05) is 19.8 Å². The molecule has 1 aliphatic rings. The first-order valence-corrected chi connectivity index (χ1v) is 4.66. The van der Waals surface area contributed by atoms with Crippen molar-refractivity contribution >= 4 is 5.69 Å². The molecule has 2 heteroatoms. The van der Waals surface area contributed by atoms with Crippen LogP contribution in [0.2, 0.25) is 0 Å². The fraction of sp³-hybridized carbons (Fsp3) is 0.455. The Kier molecular flexibility index (Phi) is 2.00. The molecule has 0 bridgehead atoms. The molecule has 1 aromatic carbocycles. The standard InChI is InChI=1S/C11H15NO/c1-12(2)9-4-5-10-8(7-9)3-6-11(10)13/h4-5,7,11,13H,3,6H2,1-2H3. The molecule has 0 saturated carbocycles. The molecule has 0 heterocycles. The van der Waals surface area contributed by atoms with Gasteiger partial charge >= 0.3 is 0 Å². The molecule has 1 atom stereocenters. The summed E-state index contributed by atoms with van der Waals surface area (Å²) in [4.78, 5) is 2.09. The van der Waals surface area contributed by atoms with Gasteiger partial charge in [0.25, 0.3) is 0 Å². The van der Waals surface area contributed by atoms with Gasteiger partial charge in [0.1, 0.15) is 0 Å². The van der Waals surface area contributed by atoms with Crippen LogP contribution < -0.4 is 4.90 Å². The predicted octanol–water partition coefficient (Wildman–Crippen LogP) is 1.73. The highest BCUT2D eigenvalue weighted by molar-refractivity contribution is 5.51. The van der Waals surface area contributed by atoms with Crippen LogP contribution in [0.25, 0.3) is 0 Å². The van der Waals surface area contributed by atoms with Crippen LogP contribution in [0.3, 0.4) is 0 Å². The Morgan fingerprint density at radius 3 is 2.85 bits per heavy atom. The van der Waals surface area contributed by atoms with E-state index in [1.807, 2.05) is 20.2 Å². The molecule has 0 spiro atoms. The van der Waals surface area contributed by atoms with Gasteiger partial charge in [-0.25, -0.2) is 0 Å². The zero-order chi connectivity index (χ0) is 9.42. The SMILES string of the molecule is CN(C)c1ccc2c(c1)CCC2O. The van der Waals surface area contributed by atoms with E-state index in [2.05, 4.69) is 17.0 Å². The third kappa shape index (κ3) is 1.42. The topological polar surface area (TPSA) is 23.5 Å². The summed E-state index contributed by atoms with van der Waals surface area (Å²) in [6.45, 7) is 0. The van der Waals surface area contributed by atoms with Gasteiger partial charge in [0.05, 0.1) is 6.10 Å². The van der Waals surface area contributed by atoms with Crippen molar-refractivity contribution in [3.8, 4) is 0 Å². The van der Waals surface area contributed by atoms with Crippen molar-refractivity contribution < 1.29 is 5.11 Å². The van der Waals surface area contributed by atoms with E-state index in [9.17, 15) is 5.11 Å². The zero-order valence-electron chi connectivity index (χ0n) is 8.12. The number of aliphatic hydroxyl groups is 1. The first kappa shape index (κ1) is 8.57. The van der Waals surface area contributed by atoms with Gasteiger partial charge in [-0.1, -0.05) is 6.07 Å². The van der Waals surface area contributed by atoms with Crippen LogP contribution in [-0.2, 0) is 6.42 Å². The van der Waals surface area contributed by atoms with Gasteiger partial charge < -0.3 is 10.0 Å². The molecule has 2 rings (SSSR count). The van der Waals surface area contributed by atoms with Crippen LogP contribution in [0, 0.1) is 0 Å². The molecule has 0 saturated heterocycles. The number of fused-ring (bicyclic) bond motifs is 1. The summed E-state index contributed by atoms with van der Waals surface area (Å²) in [5, 5.41) is 9.60. The monoisotopic (exact) mass is 177 g/mol. The second-order valence-corrected chi connectivity index (χ2v) is 3.83. The third-order valence-electron chi connectivity index (χ3n) is 2.69. The average Bonchev–Trinajstić information content (AvgIpc) is 2.47. The lowest BCUT2D eigenvalue weighted by atomic mass is 10.1. The van der Waals surface area contributed by atoms with Crippen LogP contribution in [0.1, 0.15) is 23.7 Å². The molecule has 13 heavy (non-hydrogen) atoms. The first-order valence-electron chi connectivity index (χ1n) is 4.66. The molecule has 0 aromatic heterocycles. The molecule has 70 valence electrons. The fourth-order valence-electron chi connectivity index (χ4n) is 1.86. The normalized spacial score (nSPS) is 20.1. The lowest BCUT2D eigenvalue weighted by Crippen LogP contribution is -2.08. The van der Waals surface area contributed by atoms with Crippen molar-refractivity contribution in [3.63, 3.8) is 0 Å². The lowest BCUT2D eigenvalue weighted by Gasteiger charge is -2.14. The Balaban J connectivity index is 2.40. The maximum atomic E-state index is 9.60. The highest BCUT2D eigenvalue weighted by atomic mass is 16.3. The fourth-order valence-corrected chi connectivity index (χ4v) is 1.86. The minimum absolute atomic E-state index is 0.230. The van der Waals surface area contributed by atoms with Crippen LogP contribution in [0.5, 0.6) is 0 Å². The lowest BCUT2D eigenvalue weighted by molar-refractivity contribution is 0.180. The molecule has 1 aromatic rings. The third-order valence-corrected chi connectivity index (χ3v) is 2.69. The Hall–Kier alpha value is -1.02. The van der Waals surface area contributed by atoms with Crippen LogP contribution in [-0.4, -0.2) is 19.2 Å². The Morgan fingerprint density at radius 1 is 1.38 bits per heavy atom. The summed E-state index contributed by atoms with van der Waals surface area (Å²) in [6.07, 6.45) is 1.66. The number of aliphatic hydroxyl groups excluding tert-OH is 1. The summed E-state index contributed by atoms with van der Waals surface area (Å²) >= 11 is 0. The smallest absolute Gasteiger partial charge is 0.0795 e. The molecule has 0 radical (unpaired) electrons. The largest absolute Gasteiger partial charge is 0.388 e. The minimum atomic E-state index is -0.230. The van der Waals surface area contributed by atoms with E-state index in [4.69, 9.17) is 0 Å². The van der Waals surface area contributed by atoms with Crippen LogP contribution >= 0.6 is 0 Å². The van der Waals surface area contributed by atoms with Crippen molar-refractivity contribution in [2.45, 2.75) is 18.9 Å². The maximum Gasteiger partial charge on any atom is 0.0795 e. The molecular weight excluding hydrogens is 162 g/mol. The highest BCUT2D eigenvalue weighted by Crippen LogP contribution is 2.32. The molecule has 0 amide bonds. The quantitative estimate of drug-likeness (QED) is 0.706. The van der Waals surface area contributed by atoms with E-state index in [1.54, 1.807) is 0 Å². The predicted molar refractivity (Wildman–Crippen MR) is 54.0 cm³/mol. The summed E-state index contributed by atoms with van der Waals surface area (Å²) < 4.78 is 0. The van der Waals surface area contributed by atoms with E-state index in [0.29, 0.717) is 0 Å². The molecular formula is C11H15NO. The minimum Gasteiger partial charge on any atom is -0.388 e. The number of rotatable bonds is 1. The van der Waals surface area contributed by atoms with Crippen LogP contribution in [0.15, 0.2) is 18.2 Å². The van der Waals surface area contributed by atoms with Gasteiger partial charge in [-0.15, -0.1) is 0 Å². The van der Waals surface area contributed by atoms with Gasteiger partial charge in [-0.3, -0.25) is 0 Å². The van der Waals surface area contributed by atoms with E-state index >= 15 is 0 Å². The van der Waals surface area contributed by atoms with Gasteiger partial charge in [0.2, 0.25) is 0 Å². The van der Waals surface area contributed by atoms with Crippen molar-refractivity contribution in [1.29, 1.82) is 0 Å². The van der Waals surface area contributed by atoms with Crippen molar-refractivity contribution in [3.05, 3.63) is 29.3 Å². The number of anilines is 1. The number of hydrogen-bond acceptors (Lipinski definition) is 2. The Bertz CT molecular complexity index is 320. The van der Waals surface area contributed by atoms with Gasteiger partial charge in [0.15, 0.2) is 0 Å². The maximum absolute atomic E-state index is 9.60. The summed E-state index contributed by atoms with van der Waals surface area (Å²) in [5.74, 6) is 0. The summed E-state index contributed by atoms with van der Waals surface area (Å²) in [7, 11) is 4.07. The van der Waals surface area contributed by atoms with Crippen molar-refractivity contribution in [2.75, 3.05) is 19.0 Å². The average molecular weight is 177 g/mol. The van der Waals surface area contributed by atoms with Crippen molar-refractivity contribution in [2.24, 2.45) is 0 Å². The van der Waals surface area contributed by atoms with Crippen LogP contribution in [0.4, 0.5) is 5.69 Å². The number of nitrogens with zero attached hydrogens (tertiary/aromatic N) is 1. The molecule has 1 aliphatic carbocycles. The van der Waals surface area contributed by atoms with Gasteiger partial charge in [-0.05, 0) is 36.1 Å². The second kappa shape index (κ2) is 3.04. The number of benzene rings is 1. The molecule has 0 aliphatic heterocycles. The van der Waals surface area contributed by atoms with E-state index in [-0.39, 0.29) is 6.10 Å². The molecule has 1 unspecified atom stereocenters. The van der Waals surface area contributed by atoms with Gasteiger partial charge in [-0.2, -0.15) is 0 Å². The molecule has 2 nitrogen and oxygen atoms in total. The molecule has 0 fully saturated rings. The second-order valence-electron chi connectivity index (χ2n) is 3.83. The molecule has 1 N–H and O–H groups in total. The van der Waals surface area contributed by atoms with Crippen molar-refractivity contribution in [1.82, 2.24) is 0 Å². The Morgan fingerprint density at radius 2 is 2.15 bits per heavy atom. The Labute approximate surface area is 78.8 Å². The summed E-state index contributed by atoms with van der Waals surface area (Å²) in [6, 6.07) is 6.28. The number of aryl methyl sites for hydroxylation is 1. The van der Waals surface area contributed by atoms with E-state index in [0.717, 1.165) is 18.4 Å². The first-order chi connectivity index (χ1) is 6.18. The highest BCUT2D eigenvalue weighted by Gasteiger charge is 2.19. The zero-order valence-corrected chi connectivity index (χ0v) is 8.12. The van der Waals surface area contributed by atoms with E-state index in [1.165, 1.54) is 11.3 Å².